The van der Waals surface area contributed by atoms with E-state index in [9.17, 15) is 13.2 Å². The molecular formula is C24H24F3N7O. The van der Waals surface area contributed by atoms with Gasteiger partial charge in [0, 0.05) is 18.3 Å². The van der Waals surface area contributed by atoms with Crippen LogP contribution in [0, 0.1) is 11.7 Å². The third kappa shape index (κ3) is 5.40. The van der Waals surface area contributed by atoms with Gasteiger partial charge in [0.05, 0.1) is 24.0 Å². The molecule has 0 aliphatic carbocycles. The molecule has 0 N–H and O–H groups in total. The van der Waals surface area contributed by atoms with Gasteiger partial charge in [0.1, 0.15) is 11.5 Å². The lowest BCUT2D eigenvalue weighted by Crippen LogP contribution is -2.32. The number of benzene rings is 1. The van der Waals surface area contributed by atoms with E-state index in [1.54, 1.807) is 6.20 Å². The molecule has 0 amide bonds. The second kappa shape index (κ2) is 9.95. The Balaban J connectivity index is 1.23. The van der Waals surface area contributed by atoms with Crippen LogP contribution >= 0.6 is 0 Å². The first kappa shape index (κ1) is 23.2. The molecule has 8 nitrogen and oxygen atoms in total. The number of piperidine rings is 1. The maximum atomic E-state index is 14.6. The predicted octanol–water partition coefficient (Wildman–Crippen LogP) is 4.75. The minimum absolute atomic E-state index is 0.0523. The van der Waals surface area contributed by atoms with E-state index >= 15 is 0 Å². The molecule has 0 radical (unpaired) electrons. The van der Waals surface area contributed by atoms with Crippen LogP contribution in [-0.2, 0) is 13.1 Å². The Hall–Kier alpha value is -3.60. The number of nitrogens with zero attached hydrogens (tertiary/aromatic N) is 7. The molecule has 0 bridgehead atoms. The van der Waals surface area contributed by atoms with E-state index in [1.165, 1.54) is 29.3 Å². The first-order chi connectivity index (χ1) is 16.9. The van der Waals surface area contributed by atoms with Gasteiger partial charge in [-0.15, -0.1) is 15.3 Å². The topological polar surface area (TPSA) is 85.8 Å². The van der Waals surface area contributed by atoms with Crippen molar-refractivity contribution in [3.8, 4) is 22.7 Å². The smallest absolute Gasteiger partial charge is 0.314 e. The van der Waals surface area contributed by atoms with Gasteiger partial charge >= 0.3 is 6.43 Å². The number of aromatic nitrogens is 6. The summed E-state index contributed by atoms with van der Waals surface area (Å²) in [7, 11) is 0. The average Bonchev–Trinajstić information content (AvgIpc) is 3.53. The van der Waals surface area contributed by atoms with E-state index in [4.69, 9.17) is 4.42 Å². The summed E-state index contributed by atoms with van der Waals surface area (Å²) in [5.41, 5.74) is 3.08. The van der Waals surface area contributed by atoms with Crippen LogP contribution in [0.15, 0.2) is 47.1 Å². The minimum atomic E-state index is -2.90. The Bertz CT molecular complexity index is 1280. The van der Waals surface area contributed by atoms with Crippen molar-refractivity contribution in [2.75, 3.05) is 13.1 Å². The van der Waals surface area contributed by atoms with E-state index < -0.39 is 18.1 Å². The molecule has 4 aromatic rings. The first-order valence-electron chi connectivity index (χ1n) is 11.4. The lowest BCUT2D eigenvalue weighted by Gasteiger charge is -2.30. The molecule has 0 saturated carbocycles. The molecule has 1 fully saturated rings. The highest BCUT2D eigenvalue weighted by Gasteiger charge is 2.19. The molecule has 0 spiro atoms. The molecule has 0 unspecified atom stereocenters. The summed E-state index contributed by atoms with van der Waals surface area (Å²) in [6.07, 6.45) is 2.61. The van der Waals surface area contributed by atoms with Gasteiger partial charge in [-0.3, -0.25) is 9.88 Å². The van der Waals surface area contributed by atoms with Gasteiger partial charge in [0.15, 0.2) is 0 Å². The molecule has 3 aromatic heterocycles. The minimum Gasteiger partial charge on any atom is -0.415 e. The average molecular weight is 483 g/mol. The Morgan fingerprint density at radius 3 is 2.49 bits per heavy atom. The quantitative estimate of drug-likeness (QED) is 0.375. The molecule has 0 atom stereocenters. The Morgan fingerprint density at radius 1 is 1.03 bits per heavy atom. The van der Waals surface area contributed by atoms with E-state index in [0.717, 1.165) is 37.2 Å². The fraction of sp³-hybridized carbons (Fsp3) is 0.375. The molecule has 35 heavy (non-hydrogen) atoms. The van der Waals surface area contributed by atoms with Gasteiger partial charge in [0.2, 0.25) is 5.89 Å². The predicted molar refractivity (Wildman–Crippen MR) is 121 cm³/mol. The Kier molecular flexibility index (Phi) is 6.58. The second-order valence-corrected chi connectivity index (χ2v) is 8.86. The Morgan fingerprint density at radius 2 is 1.80 bits per heavy atom. The number of likely N-dealkylation sites (tertiary alicyclic amines) is 1. The zero-order chi connectivity index (χ0) is 24.4. The van der Waals surface area contributed by atoms with Crippen LogP contribution in [0.3, 0.4) is 0 Å². The summed E-state index contributed by atoms with van der Waals surface area (Å²) >= 11 is 0. The third-order valence-corrected chi connectivity index (χ3v) is 6.17. The summed E-state index contributed by atoms with van der Waals surface area (Å²) < 4.78 is 46.2. The van der Waals surface area contributed by atoms with Gasteiger partial charge in [-0.2, -0.15) is 8.78 Å². The number of hydrogen-bond acceptors (Lipinski definition) is 7. The second-order valence-electron chi connectivity index (χ2n) is 8.86. The number of halogens is 3. The maximum absolute atomic E-state index is 14.6. The molecule has 1 aliphatic rings. The zero-order valence-corrected chi connectivity index (χ0v) is 19.1. The van der Waals surface area contributed by atoms with Crippen LogP contribution in [-0.4, -0.2) is 48.2 Å². The van der Waals surface area contributed by atoms with Crippen molar-refractivity contribution in [3.63, 3.8) is 0 Å². The van der Waals surface area contributed by atoms with Crippen molar-refractivity contribution in [3.05, 3.63) is 65.7 Å². The molecule has 182 valence electrons. The van der Waals surface area contributed by atoms with Crippen molar-refractivity contribution in [1.82, 2.24) is 35.1 Å². The highest BCUT2D eigenvalue weighted by molar-refractivity contribution is 5.58. The van der Waals surface area contributed by atoms with Crippen LogP contribution in [0.1, 0.15) is 43.3 Å². The van der Waals surface area contributed by atoms with Crippen molar-refractivity contribution in [2.24, 2.45) is 5.92 Å². The number of pyridine rings is 1. The van der Waals surface area contributed by atoms with Gasteiger partial charge in [-0.05, 0) is 43.5 Å². The van der Waals surface area contributed by atoms with Crippen LogP contribution in [0.25, 0.3) is 22.7 Å². The fourth-order valence-corrected chi connectivity index (χ4v) is 4.06. The van der Waals surface area contributed by atoms with Gasteiger partial charge in [-0.1, -0.05) is 36.4 Å². The summed E-state index contributed by atoms with van der Waals surface area (Å²) in [5, 5.41) is 15.0. The first-order valence-corrected chi connectivity index (χ1v) is 11.4. The van der Waals surface area contributed by atoms with E-state index in [2.05, 4.69) is 49.4 Å². The fourth-order valence-electron chi connectivity index (χ4n) is 4.06. The van der Waals surface area contributed by atoms with Gasteiger partial charge < -0.3 is 4.42 Å². The van der Waals surface area contributed by atoms with E-state index in [-0.39, 0.29) is 23.7 Å². The van der Waals surface area contributed by atoms with Gasteiger partial charge in [0.25, 0.3) is 5.89 Å². The number of hydrogen-bond donors (Lipinski definition) is 0. The zero-order valence-electron chi connectivity index (χ0n) is 19.1. The monoisotopic (exact) mass is 483 g/mol. The normalized spacial score (nSPS) is 15.2. The lowest BCUT2D eigenvalue weighted by molar-refractivity contribution is 0.116. The van der Waals surface area contributed by atoms with Crippen LogP contribution in [0.5, 0.6) is 0 Å². The van der Waals surface area contributed by atoms with Crippen LogP contribution < -0.4 is 0 Å². The highest BCUT2D eigenvalue weighted by Crippen LogP contribution is 2.24. The standard InChI is InChI=1S/C24H24F3N7O/c1-15-6-8-33(9-7-15)12-16-2-4-17(5-3-16)20-13-34(32-29-20)14-21-19(25)10-18(11-28-21)23-30-31-24(35-23)22(26)27/h2-5,10-11,13,15,22H,6-9,12,14H2,1H3. The maximum Gasteiger partial charge on any atom is 0.314 e. The van der Waals surface area contributed by atoms with Crippen molar-refractivity contribution < 1.29 is 17.6 Å². The molecule has 1 saturated heterocycles. The molecule has 11 heteroatoms. The van der Waals surface area contributed by atoms with E-state index in [0.29, 0.717) is 5.69 Å². The SMILES string of the molecule is CC1CCN(Cc2ccc(-c3cn(Cc4ncc(-c5nnc(C(F)F)o5)cc4F)nn3)cc2)CC1. The summed E-state index contributed by atoms with van der Waals surface area (Å²) in [6, 6.07) is 9.35. The highest BCUT2D eigenvalue weighted by atomic mass is 19.3. The summed E-state index contributed by atoms with van der Waals surface area (Å²) in [4.78, 5) is 6.55. The van der Waals surface area contributed by atoms with Crippen molar-refractivity contribution >= 4 is 0 Å². The summed E-state index contributed by atoms with van der Waals surface area (Å²) in [5.74, 6) is -0.884. The molecule has 1 aromatic carbocycles. The molecule has 1 aliphatic heterocycles. The third-order valence-electron chi connectivity index (χ3n) is 6.17. The lowest BCUT2D eigenvalue weighted by atomic mass is 9.99. The molecule has 5 rings (SSSR count). The van der Waals surface area contributed by atoms with E-state index in [1.807, 2.05) is 12.1 Å². The van der Waals surface area contributed by atoms with Crippen molar-refractivity contribution in [1.29, 1.82) is 0 Å². The van der Waals surface area contributed by atoms with Crippen molar-refractivity contribution in [2.45, 2.75) is 39.3 Å². The molecule has 4 heterocycles. The number of alkyl halides is 2. The van der Waals surface area contributed by atoms with Gasteiger partial charge in [-0.25, -0.2) is 9.07 Å². The number of rotatable bonds is 7. The van der Waals surface area contributed by atoms with Crippen LogP contribution in [0.2, 0.25) is 0 Å². The largest absolute Gasteiger partial charge is 0.415 e. The molecular weight excluding hydrogens is 459 g/mol. The summed E-state index contributed by atoms with van der Waals surface area (Å²) in [6.45, 7) is 5.57. The Labute approximate surface area is 199 Å². The van der Waals surface area contributed by atoms with Crippen LogP contribution in [0.4, 0.5) is 13.2 Å².